The molecule has 0 aliphatic carbocycles. The van der Waals surface area contributed by atoms with E-state index >= 15 is 0 Å². The molecule has 1 unspecified atom stereocenters. The van der Waals surface area contributed by atoms with Crippen molar-refractivity contribution in [3.8, 4) is 5.75 Å². The Labute approximate surface area is 189 Å². The van der Waals surface area contributed by atoms with Crippen LogP contribution >= 0.6 is 27.5 Å². The van der Waals surface area contributed by atoms with Crippen LogP contribution in [0.2, 0.25) is 5.02 Å². The molecule has 8 heteroatoms. The van der Waals surface area contributed by atoms with Gasteiger partial charge in [-0.3, -0.25) is 9.59 Å². The molecule has 0 aliphatic heterocycles. The number of ether oxygens (including phenoxy) is 1. The van der Waals surface area contributed by atoms with Crippen LogP contribution < -0.4 is 10.1 Å². The van der Waals surface area contributed by atoms with E-state index in [1.807, 2.05) is 20.8 Å². The van der Waals surface area contributed by atoms with Crippen molar-refractivity contribution >= 4 is 39.3 Å². The number of nitrogens with zero attached hydrogens (tertiary/aromatic N) is 1. The van der Waals surface area contributed by atoms with Crippen LogP contribution in [-0.4, -0.2) is 34.9 Å². The third-order valence-corrected chi connectivity index (χ3v) is 5.03. The molecule has 0 saturated heterocycles. The highest BCUT2D eigenvalue weighted by molar-refractivity contribution is 9.10. The van der Waals surface area contributed by atoms with Gasteiger partial charge in [-0.25, -0.2) is 4.39 Å². The van der Waals surface area contributed by atoms with Crippen LogP contribution in [0.3, 0.4) is 0 Å². The van der Waals surface area contributed by atoms with Crippen LogP contribution in [0.1, 0.15) is 33.3 Å². The summed E-state index contributed by atoms with van der Waals surface area (Å²) in [4.78, 5) is 27.1. The summed E-state index contributed by atoms with van der Waals surface area (Å²) < 4.78 is 19.5. The van der Waals surface area contributed by atoms with E-state index in [-0.39, 0.29) is 30.8 Å². The van der Waals surface area contributed by atoms with E-state index in [4.69, 9.17) is 16.3 Å². The summed E-state index contributed by atoms with van der Waals surface area (Å²) in [5, 5.41) is 3.42. The Morgan fingerprint density at radius 2 is 1.83 bits per heavy atom. The maximum Gasteiger partial charge on any atom is 0.261 e. The van der Waals surface area contributed by atoms with Crippen LogP contribution in [0.4, 0.5) is 4.39 Å². The Kier molecular flexibility index (Phi) is 8.26. The molecule has 2 rings (SSSR count). The molecule has 1 atom stereocenters. The molecule has 2 amide bonds. The normalized spacial score (nSPS) is 12.2. The first kappa shape index (κ1) is 24.2. The van der Waals surface area contributed by atoms with Crippen LogP contribution in [0, 0.1) is 5.82 Å². The number of carbonyl (C=O) groups is 2. The van der Waals surface area contributed by atoms with Crippen molar-refractivity contribution in [2.75, 3.05) is 6.61 Å². The number of hydrogen-bond donors (Lipinski definition) is 1. The van der Waals surface area contributed by atoms with Crippen molar-refractivity contribution in [1.82, 2.24) is 10.2 Å². The van der Waals surface area contributed by atoms with E-state index in [1.54, 1.807) is 37.3 Å². The highest BCUT2D eigenvalue weighted by Crippen LogP contribution is 2.28. The monoisotopic (exact) mass is 498 g/mol. The average molecular weight is 500 g/mol. The summed E-state index contributed by atoms with van der Waals surface area (Å²) in [6, 6.07) is 10.0. The molecule has 0 saturated carbocycles. The lowest BCUT2D eigenvalue weighted by molar-refractivity contribution is -0.142. The molecule has 0 aliphatic rings. The molecule has 0 spiro atoms. The van der Waals surface area contributed by atoms with Crippen molar-refractivity contribution in [1.29, 1.82) is 0 Å². The zero-order chi connectivity index (χ0) is 22.5. The quantitative estimate of drug-likeness (QED) is 0.586. The molecular weight excluding hydrogens is 475 g/mol. The van der Waals surface area contributed by atoms with Gasteiger partial charge in [0.2, 0.25) is 5.91 Å². The Balaban J connectivity index is 2.18. The van der Waals surface area contributed by atoms with Gasteiger partial charge in [0.05, 0.1) is 4.47 Å². The third-order valence-electron chi connectivity index (χ3n) is 4.18. The molecule has 0 radical (unpaired) electrons. The Morgan fingerprint density at radius 3 is 2.40 bits per heavy atom. The summed E-state index contributed by atoms with van der Waals surface area (Å²) in [6.07, 6.45) is 0. The molecule has 2 aromatic rings. The van der Waals surface area contributed by atoms with Gasteiger partial charge in [0.15, 0.2) is 6.61 Å². The second-order valence-electron chi connectivity index (χ2n) is 7.93. The van der Waals surface area contributed by atoms with Gasteiger partial charge < -0.3 is 15.0 Å². The number of nitrogens with one attached hydrogen (secondary N) is 1. The summed E-state index contributed by atoms with van der Waals surface area (Å²) >= 11 is 9.27. The van der Waals surface area contributed by atoms with Gasteiger partial charge in [0.1, 0.15) is 17.6 Å². The average Bonchev–Trinajstić information content (AvgIpc) is 2.64. The van der Waals surface area contributed by atoms with Gasteiger partial charge in [0.25, 0.3) is 5.91 Å². The molecule has 2 aromatic carbocycles. The van der Waals surface area contributed by atoms with Crippen molar-refractivity contribution in [2.45, 2.75) is 45.8 Å². The molecule has 0 bridgehead atoms. The summed E-state index contributed by atoms with van der Waals surface area (Å²) in [6.45, 7) is 7.12. The van der Waals surface area contributed by atoms with E-state index in [2.05, 4.69) is 21.2 Å². The molecule has 0 aromatic heterocycles. The second-order valence-corrected chi connectivity index (χ2v) is 9.22. The number of amides is 2. The van der Waals surface area contributed by atoms with Gasteiger partial charge in [0, 0.05) is 17.1 Å². The molecule has 30 heavy (non-hydrogen) atoms. The highest BCUT2D eigenvalue weighted by atomic mass is 79.9. The molecule has 0 heterocycles. The van der Waals surface area contributed by atoms with Gasteiger partial charge in [-0.15, -0.1) is 0 Å². The van der Waals surface area contributed by atoms with Crippen molar-refractivity contribution < 1.29 is 18.7 Å². The van der Waals surface area contributed by atoms with Crippen LogP contribution in [-0.2, 0) is 16.1 Å². The third kappa shape index (κ3) is 7.29. The minimum absolute atomic E-state index is 0.142. The zero-order valence-corrected chi connectivity index (χ0v) is 19.7. The Morgan fingerprint density at radius 1 is 1.20 bits per heavy atom. The summed E-state index contributed by atoms with van der Waals surface area (Å²) in [5.41, 5.74) is 0.258. The maximum absolute atomic E-state index is 13.3. The Bertz CT molecular complexity index is 900. The lowest BCUT2D eigenvalue weighted by atomic mass is 10.1. The number of carbonyl (C=O) groups excluding carboxylic acids is 2. The van der Waals surface area contributed by atoms with Crippen LogP contribution in [0.15, 0.2) is 46.9 Å². The van der Waals surface area contributed by atoms with E-state index in [1.165, 1.54) is 17.0 Å². The lowest BCUT2D eigenvalue weighted by Gasteiger charge is -2.31. The summed E-state index contributed by atoms with van der Waals surface area (Å²) in [7, 11) is 0. The minimum atomic E-state index is -0.751. The SMILES string of the molecule is CC(C(=O)NC(C)(C)C)N(Cc1ccc(F)cc1)C(=O)COc1ccc(Cl)cc1Br. The van der Waals surface area contributed by atoms with Gasteiger partial charge in [-0.2, -0.15) is 0 Å². The van der Waals surface area contributed by atoms with Crippen molar-refractivity contribution in [3.05, 3.63) is 63.3 Å². The largest absolute Gasteiger partial charge is 0.483 e. The highest BCUT2D eigenvalue weighted by Gasteiger charge is 2.28. The second kappa shape index (κ2) is 10.3. The topological polar surface area (TPSA) is 58.6 Å². The molecular formula is C22H25BrClFN2O3. The predicted molar refractivity (Wildman–Crippen MR) is 119 cm³/mol. The van der Waals surface area contributed by atoms with E-state index in [9.17, 15) is 14.0 Å². The predicted octanol–water partition coefficient (Wildman–Crippen LogP) is 4.95. The van der Waals surface area contributed by atoms with E-state index in [0.29, 0.717) is 20.8 Å². The summed E-state index contributed by atoms with van der Waals surface area (Å²) in [5.74, 6) is -0.573. The number of hydrogen-bond acceptors (Lipinski definition) is 3. The number of rotatable bonds is 7. The molecule has 5 nitrogen and oxygen atoms in total. The molecule has 1 N–H and O–H groups in total. The first-order valence-electron chi connectivity index (χ1n) is 9.40. The maximum atomic E-state index is 13.3. The molecule has 0 fully saturated rings. The van der Waals surface area contributed by atoms with Crippen molar-refractivity contribution in [3.63, 3.8) is 0 Å². The van der Waals surface area contributed by atoms with Gasteiger partial charge >= 0.3 is 0 Å². The van der Waals surface area contributed by atoms with Crippen molar-refractivity contribution in [2.24, 2.45) is 0 Å². The lowest BCUT2D eigenvalue weighted by Crippen LogP contribution is -2.53. The fraction of sp³-hybridized carbons (Fsp3) is 0.364. The number of halogens is 3. The van der Waals surface area contributed by atoms with Gasteiger partial charge in [-0.05, 0) is 79.5 Å². The minimum Gasteiger partial charge on any atom is -0.483 e. The standard InChI is InChI=1S/C22H25BrClFN2O3/c1-14(21(29)26-22(2,3)4)27(12-15-5-8-17(25)9-6-15)20(28)13-30-19-10-7-16(24)11-18(19)23/h5-11,14H,12-13H2,1-4H3,(H,26,29). The fourth-order valence-electron chi connectivity index (χ4n) is 2.66. The fourth-order valence-corrected chi connectivity index (χ4v) is 3.46. The smallest absolute Gasteiger partial charge is 0.261 e. The Hall–Kier alpha value is -2.12. The van der Waals surface area contributed by atoms with Gasteiger partial charge in [-0.1, -0.05) is 23.7 Å². The number of benzene rings is 2. The van der Waals surface area contributed by atoms with Crippen LogP contribution in [0.25, 0.3) is 0 Å². The first-order valence-corrected chi connectivity index (χ1v) is 10.6. The molecule has 162 valence electrons. The van der Waals surface area contributed by atoms with Crippen LogP contribution in [0.5, 0.6) is 5.75 Å². The van der Waals surface area contributed by atoms with E-state index < -0.39 is 11.6 Å². The van der Waals surface area contributed by atoms with E-state index in [0.717, 1.165) is 0 Å². The first-order chi connectivity index (χ1) is 14.0. The zero-order valence-electron chi connectivity index (χ0n) is 17.3.